The van der Waals surface area contributed by atoms with Gasteiger partial charge in [-0.25, -0.2) is 4.98 Å². The number of benzene rings is 1. The van der Waals surface area contributed by atoms with Gasteiger partial charge < -0.3 is 16.2 Å². The van der Waals surface area contributed by atoms with Gasteiger partial charge in [-0.2, -0.15) is 0 Å². The third-order valence-electron chi connectivity index (χ3n) is 2.52. The van der Waals surface area contributed by atoms with E-state index in [0.29, 0.717) is 11.4 Å². The van der Waals surface area contributed by atoms with Crippen LogP contribution in [0, 0.1) is 0 Å². The van der Waals surface area contributed by atoms with E-state index in [1.54, 1.807) is 0 Å². The smallest absolute Gasteiger partial charge is 0.226 e. The van der Waals surface area contributed by atoms with E-state index in [-0.39, 0.29) is 25.5 Å². The largest absolute Gasteiger partial charge is 0.398 e. The Balaban J connectivity index is 2.07. The molecule has 6 heteroatoms. The molecular formula is C13H15N3O2S. The molecule has 0 saturated carbocycles. The van der Waals surface area contributed by atoms with Crippen LogP contribution in [-0.2, 0) is 11.2 Å². The van der Waals surface area contributed by atoms with Gasteiger partial charge in [0.05, 0.1) is 18.7 Å². The number of carbonyl (C=O) groups excluding carboxylic acids is 1. The van der Waals surface area contributed by atoms with E-state index in [4.69, 9.17) is 10.8 Å². The van der Waals surface area contributed by atoms with Gasteiger partial charge in [0.25, 0.3) is 0 Å². The predicted octanol–water partition coefficient (Wildman–Crippen LogP) is 1.04. The van der Waals surface area contributed by atoms with Crippen molar-refractivity contribution in [1.29, 1.82) is 0 Å². The third-order valence-corrected chi connectivity index (χ3v) is 3.44. The summed E-state index contributed by atoms with van der Waals surface area (Å²) in [6.45, 7) is 0.204. The maximum absolute atomic E-state index is 11.5. The van der Waals surface area contributed by atoms with Crippen molar-refractivity contribution in [2.24, 2.45) is 0 Å². The fourth-order valence-corrected chi connectivity index (χ4v) is 2.49. The zero-order valence-corrected chi connectivity index (χ0v) is 11.1. The van der Waals surface area contributed by atoms with Crippen LogP contribution in [0.4, 0.5) is 5.69 Å². The number of thiazole rings is 1. The number of anilines is 1. The van der Waals surface area contributed by atoms with Crippen molar-refractivity contribution in [1.82, 2.24) is 10.3 Å². The minimum absolute atomic E-state index is 0.0609. The molecule has 0 radical (unpaired) electrons. The molecule has 2 aromatic rings. The van der Waals surface area contributed by atoms with Gasteiger partial charge in [-0.1, -0.05) is 12.1 Å². The first-order valence-electron chi connectivity index (χ1n) is 5.87. The minimum atomic E-state index is -0.146. The molecule has 0 atom stereocenters. The maximum atomic E-state index is 11.5. The van der Waals surface area contributed by atoms with Crippen LogP contribution in [0.2, 0.25) is 0 Å². The van der Waals surface area contributed by atoms with Crippen molar-refractivity contribution in [3.05, 3.63) is 35.3 Å². The molecule has 0 spiro atoms. The van der Waals surface area contributed by atoms with Crippen LogP contribution in [0.15, 0.2) is 29.6 Å². The molecule has 0 aliphatic heterocycles. The third kappa shape index (κ3) is 3.52. The van der Waals surface area contributed by atoms with E-state index in [9.17, 15) is 4.79 Å². The Hall–Kier alpha value is -1.92. The van der Waals surface area contributed by atoms with E-state index in [1.807, 2.05) is 29.6 Å². The van der Waals surface area contributed by atoms with Crippen molar-refractivity contribution in [2.45, 2.75) is 6.42 Å². The highest BCUT2D eigenvalue weighted by Gasteiger charge is 2.10. The number of amides is 1. The summed E-state index contributed by atoms with van der Waals surface area (Å²) in [5, 5.41) is 13.9. The topological polar surface area (TPSA) is 88.2 Å². The summed E-state index contributed by atoms with van der Waals surface area (Å²) in [5.41, 5.74) is 8.15. The molecule has 2 rings (SSSR count). The number of para-hydroxylation sites is 1. The molecular weight excluding hydrogens is 262 g/mol. The molecule has 100 valence electrons. The summed E-state index contributed by atoms with van der Waals surface area (Å²) in [4.78, 5) is 15.9. The lowest BCUT2D eigenvalue weighted by atomic mass is 10.2. The van der Waals surface area contributed by atoms with E-state index >= 15 is 0 Å². The highest BCUT2D eigenvalue weighted by atomic mass is 32.1. The van der Waals surface area contributed by atoms with Gasteiger partial charge in [0, 0.05) is 23.2 Å². The summed E-state index contributed by atoms with van der Waals surface area (Å²) in [7, 11) is 0. The van der Waals surface area contributed by atoms with Gasteiger partial charge in [-0.15, -0.1) is 11.3 Å². The first-order valence-corrected chi connectivity index (χ1v) is 6.75. The number of nitrogen functional groups attached to an aromatic ring is 1. The van der Waals surface area contributed by atoms with Crippen LogP contribution in [0.1, 0.15) is 5.69 Å². The average Bonchev–Trinajstić information content (AvgIpc) is 2.85. The average molecular weight is 277 g/mol. The van der Waals surface area contributed by atoms with Gasteiger partial charge >= 0.3 is 0 Å². The second kappa shape index (κ2) is 6.31. The van der Waals surface area contributed by atoms with Gasteiger partial charge in [0.15, 0.2) is 0 Å². The molecule has 1 aromatic carbocycles. The Morgan fingerprint density at radius 2 is 2.21 bits per heavy atom. The van der Waals surface area contributed by atoms with E-state index in [2.05, 4.69) is 10.3 Å². The highest BCUT2D eigenvalue weighted by molar-refractivity contribution is 7.13. The van der Waals surface area contributed by atoms with E-state index < -0.39 is 0 Å². The van der Waals surface area contributed by atoms with Crippen molar-refractivity contribution in [3.63, 3.8) is 0 Å². The summed E-state index contributed by atoms with van der Waals surface area (Å²) in [5.74, 6) is -0.146. The number of nitrogens with one attached hydrogen (secondary N) is 1. The zero-order chi connectivity index (χ0) is 13.7. The lowest BCUT2D eigenvalue weighted by Gasteiger charge is -2.01. The molecule has 1 heterocycles. The lowest BCUT2D eigenvalue weighted by Crippen LogP contribution is -2.27. The number of nitrogens with two attached hydrogens (primary N) is 1. The summed E-state index contributed by atoms with van der Waals surface area (Å²) in [6.07, 6.45) is 0.212. The summed E-state index contributed by atoms with van der Waals surface area (Å²) < 4.78 is 0. The Labute approximate surface area is 115 Å². The van der Waals surface area contributed by atoms with Crippen LogP contribution in [-0.4, -0.2) is 29.1 Å². The predicted molar refractivity (Wildman–Crippen MR) is 75.8 cm³/mol. The van der Waals surface area contributed by atoms with Crippen LogP contribution in [0.25, 0.3) is 10.6 Å². The minimum Gasteiger partial charge on any atom is -0.398 e. The lowest BCUT2D eigenvalue weighted by molar-refractivity contribution is -0.120. The maximum Gasteiger partial charge on any atom is 0.226 e. The Kier molecular flexibility index (Phi) is 4.48. The molecule has 5 nitrogen and oxygen atoms in total. The van der Waals surface area contributed by atoms with Crippen LogP contribution in [0.3, 0.4) is 0 Å². The van der Waals surface area contributed by atoms with Crippen LogP contribution >= 0.6 is 11.3 Å². The number of aromatic nitrogens is 1. The fourth-order valence-electron chi connectivity index (χ4n) is 1.63. The molecule has 0 bridgehead atoms. The van der Waals surface area contributed by atoms with Crippen LogP contribution < -0.4 is 11.1 Å². The molecule has 0 aliphatic carbocycles. The van der Waals surface area contributed by atoms with Gasteiger partial charge in [0.2, 0.25) is 5.91 Å². The second-order valence-electron chi connectivity index (χ2n) is 3.98. The molecule has 0 unspecified atom stereocenters. The zero-order valence-electron chi connectivity index (χ0n) is 10.3. The Morgan fingerprint density at radius 1 is 1.42 bits per heavy atom. The quantitative estimate of drug-likeness (QED) is 0.713. The molecule has 0 aliphatic rings. The number of hydrogen-bond donors (Lipinski definition) is 3. The molecule has 19 heavy (non-hydrogen) atoms. The van der Waals surface area contributed by atoms with Gasteiger partial charge in [-0.05, 0) is 12.1 Å². The standard InChI is InChI=1S/C13H15N3O2S/c14-11-4-2-1-3-10(11)13-16-9(8-19-13)7-12(18)15-5-6-17/h1-4,8,17H,5-7,14H2,(H,15,18). The first-order chi connectivity index (χ1) is 9.20. The Bertz CT molecular complexity index is 569. The number of nitrogens with zero attached hydrogens (tertiary/aromatic N) is 1. The highest BCUT2D eigenvalue weighted by Crippen LogP contribution is 2.28. The number of aliphatic hydroxyl groups is 1. The van der Waals surface area contributed by atoms with Crippen molar-refractivity contribution < 1.29 is 9.90 Å². The normalized spacial score (nSPS) is 10.4. The molecule has 0 saturated heterocycles. The van der Waals surface area contributed by atoms with Gasteiger partial charge in [0.1, 0.15) is 5.01 Å². The molecule has 0 fully saturated rings. The summed E-state index contributed by atoms with van der Waals surface area (Å²) in [6, 6.07) is 7.50. The van der Waals surface area contributed by atoms with Crippen molar-refractivity contribution in [3.8, 4) is 10.6 Å². The number of carbonyl (C=O) groups is 1. The monoisotopic (exact) mass is 277 g/mol. The van der Waals surface area contributed by atoms with Crippen molar-refractivity contribution in [2.75, 3.05) is 18.9 Å². The Morgan fingerprint density at radius 3 is 2.95 bits per heavy atom. The number of hydrogen-bond acceptors (Lipinski definition) is 5. The van der Waals surface area contributed by atoms with E-state index in [1.165, 1.54) is 11.3 Å². The van der Waals surface area contributed by atoms with Gasteiger partial charge in [-0.3, -0.25) is 4.79 Å². The number of rotatable bonds is 5. The molecule has 1 aromatic heterocycles. The second-order valence-corrected chi connectivity index (χ2v) is 4.84. The molecule has 1 amide bonds. The summed E-state index contributed by atoms with van der Waals surface area (Å²) >= 11 is 1.46. The fraction of sp³-hybridized carbons (Fsp3) is 0.231. The number of aliphatic hydroxyl groups excluding tert-OH is 1. The molecule has 4 N–H and O–H groups in total. The van der Waals surface area contributed by atoms with Crippen molar-refractivity contribution >= 4 is 22.9 Å². The van der Waals surface area contributed by atoms with Crippen LogP contribution in [0.5, 0.6) is 0 Å². The SMILES string of the molecule is Nc1ccccc1-c1nc(CC(=O)NCCO)cs1. The van der Waals surface area contributed by atoms with E-state index in [0.717, 1.165) is 10.6 Å². The first kappa shape index (κ1) is 13.5.